The van der Waals surface area contributed by atoms with Crippen LogP contribution in [-0.2, 0) is 0 Å². The van der Waals surface area contributed by atoms with Crippen LogP contribution in [0.2, 0.25) is 0 Å². The number of carbonyl (C=O) groups excluding carboxylic acids is 1. The molecule has 0 aromatic carbocycles. The van der Waals surface area contributed by atoms with Gasteiger partial charge in [0.1, 0.15) is 5.69 Å². The Morgan fingerprint density at radius 3 is 2.84 bits per heavy atom. The summed E-state index contributed by atoms with van der Waals surface area (Å²) in [6.07, 6.45) is 9.20. The number of thiazole rings is 1. The SMILES string of the molecule is CCOc1cncc(-c2cnc(C(=O)NC(CN3CCN(C)CC3)c3cc(NSC4CC4)ccn3)s2)n1. The number of pyridine rings is 1. The quantitative estimate of drug-likeness (QED) is 0.352. The van der Waals surface area contributed by atoms with Gasteiger partial charge in [0.2, 0.25) is 5.88 Å². The van der Waals surface area contributed by atoms with Gasteiger partial charge in [-0.15, -0.1) is 11.3 Å². The average molecular weight is 541 g/mol. The molecular weight excluding hydrogens is 508 g/mol. The molecule has 2 fully saturated rings. The smallest absolute Gasteiger partial charge is 0.280 e. The molecule has 2 N–H and O–H groups in total. The van der Waals surface area contributed by atoms with Gasteiger partial charge in [-0.05, 0) is 50.9 Å². The van der Waals surface area contributed by atoms with E-state index in [0.29, 0.717) is 35.0 Å². The molecular formula is C25H32N8O2S2. The fourth-order valence-electron chi connectivity index (χ4n) is 3.94. The van der Waals surface area contributed by atoms with Crippen LogP contribution in [0.25, 0.3) is 10.6 Å². The first-order valence-electron chi connectivity index (χ1n) is 12.6. The molecule has 3 aromatic heterocycles. The van der Waals surface area contributed by atoms with E-state index in [1.165, 1.54) is 24.2 Å². The van der Waals surface area contributed by atoms with Gasteiger partial charge in [-0.25, -0.2) is 9.97 Å². The number of hydrogen-bond donors (Lipinski definition) is 2. The summed E-state index contributed by atoms with van der Waals surface area (Å²) in [7, 11) is 2.14. The standard InChI is InChI=1S/C25H32N8O2S2/c1-3-35-23-15-26-13-20(29-23)22-14-28-25(36-22)24(34)30-21(16-33-10-8-32(2)9-11-33)19-12-17(6-7-27-19)31-37-18-4-5-18/h6-7,12-15,18,21H,3-5,8-11,16H2,1-2H3,(H,27,31)(H,30,34). The number of ether oxygens (including phenoxy) is 1. The Morgan fingerprint density at radius 1 is 1.22 bits per heavy atom. The van der Waals surface area contributed by atoms with Crippen molar-refractivity contribution in [2.45, 2.75) is 31.1 Å². The zero-order valence-corrected chi connectivity index (χ0v) is 22.7. The number of nitrogens with zero attached hydrogens (tertiary/aromatic N) is 6. The highest BCUT2D eigenvalue weighted by atomic mass is 32.2. The number of anilines is 1. The Bertz CT molecular complexity index is 1200. The maximum atomic E-state index is 13.3. The van der Waals surface area contributed by atoms with Gasteiger partial charge in [0, 0.05) is 56.1 Å². The van der Waals surface area contributed by atoms with Gasteiger partial charge in [0.15, 0.2) is 5.01 Å². The van der Waals surface area contributed by atoms with Crippen molar-refractivity contribution in [2.24, 2.45) is 0 Å². The third-order valence-electron chi connectivity index (χ3n) is 6.20. The third-order valence-corrected chi connectivity index (χ3v) is 8.38. The first-order valence-corrected chi connectivity index (χ1v) is 14.3. The second kappa shape index (κ2) is 12.2. The summed E-state index contributed by atoms with van der Waals surface area (Å²) in [5.41, 5.74) is 2.47. The molecule has 1 aliphatic carbocycles. The monoisotopic (exact) mass is 540 g/mol. The largest absolute Gasteiger partial charge is 0.477 e. The van der Waals surface area contributed by atoms with Gasteiger partial charge in [0.05, 0.1) is 35.6 Å². The van der Waals surface area contributed by atoms with E-state index in [2.05, 4.69) is 46.8 Å². The average Bonchev–Trinajstić information content (AvgIpc) is 3.61. The minimum atomic E-state index is -0.267. The molecule has 4 heterocycles. The molecule has 1 atom stereocenters. The molecule has 3 aromatic rings. The van der Waals surface area contributed by atoms with Crippen molar-refractivity contribution in [3.63, 3.8) is 0 Å². The number of piperazine rings is 1. The van der Waals surface area contributed by atoms with Crippen LogP contribution in [0, 0.1) is 0 Å². The Morgan fingerprint density at radius 2 is 2.05 bits per heavy atom. The van der Waals surface area contributed by atoms with E-state index in [0.717, 1.165) is 42.4 Å². The summed E-state index contributed by atoms with van der Waals surface area (Å²) in [6.45, 7) is 7.01. The molecule has 2 aliphatic rings. The van der Waals surface area contributed by atoms with Crippen molar-refractivity contribution in [3.05, 3.63) is 47.6 Å². The van der Waals surface area contributed by atoms with Crippen LogP contribution in [0.4, 0.5) is 5.69 Å². The van der Waals surface area contributed by atoms with E-state index < -0.39 is 0 Å². The van der Waals surface area contributed by atoms with Crippen LogP contribution in [0.3, 0.4) is 0 Å². The Hall–Kier alpha value is -2.80. The summed E-state index contributed by atoms with van der Waals surface area (Å²) < 4.78 is 8.90. The van der Waals surface area contributed by atoms with Gasteiger partial charge < -0.3 is 19.7 Å². The molecule has 1 saturated heterocycles. The third kappa shape index (κ3) is 7.16. The predicted octanol–water partition coefficient (Wildman–Crippen LogP) is 3.33. The van der Waals surface area contributed by atoms with Crippen LogP contribution in [0.5, 0.6) is 5.88 Å². The summed E-state index contributed by atoms with van der Waals surface area (Å²) >= 11 is 3.05. The molecule has 1 unspecified atom stereocenters. The number of rotatable bonds is 11. The lowest BCUT2D eigenvalue weighted by atomic mass is 10.1. The Labute approximate surface area is 225 Å². The Balaban J connectivity index is 1.31. The highest BCUT2D eigenvalue weighted by Crippen LogP contribution is 2.34. The molecule has 12 heteroatoms. The lowest BCUT2D eigenvalue weighted by molar-refractivity contribution is 0.0905. The van der Waals surface area contributed by atoms with Crippen molar-refractivity contribution in [3.8, 4) is 16.5 Å². The van der Waals surface area contributed by atoms with E-state index in [-0.39, 0.29) is 11.9 Å². The number of nitrogens with one attached hydrogen (secondary N) is 2. The van der Waals surface area contributed by atoms with Crippen LogP contribution in [0.1, 0.15) is 41.3 Å². The van der Waals surface area contributed by atoms with Gasteiger partial charge in [-0.3, -0.25) is 19.7 Å². The van der Waals surface area contributed by atoms with Crippen molar-refractivity contribution < 1.29 is 9.53 Å². The molecule has 0 bridgehead atoms. The normalized spacial score (nSPS) is 17.4. The molecule has 196 valence electrons. The summed E-state index contributed by atoms with van der Waals surface area (Å²) in [5.74, 6) is 0.225. The predicted molar refractivity (Wildman–Crippen MR) is 147 cm³/mol. The molecule has 0 radical (unpaired) electrons. The van der Waals surface area contributed by atoms with E-state index in [1.54, 1.807) is 36.7 Å². The maximum Gasteiger partial charge on any atom is 0.280 e. The van der Waals surface area contributed by atoms with Crippen LogP contribution in [-0.4, -0.2) is 87.3 Å². The lowest BCUT2D eigenvalue weighted by Gasteiger charge is -2.34. The minimum Gasteiger partial charge on any atom is -0.477 e. The zero-order chi connectivity index (χ0) is 25.6. The van der Waals surface area contributed by atoms with Crippen molar-refractivity contribution >= 4 is 34.9 Å². The lowest BCUT2D eigenvalue weighted by Crippen LogP contribution is -2.48. The molecule has 1 saturated carbocycles. The van der Waals surface area contributed by atoms with E-state index >= 15 is 0 Å². The van der Waals surface area contributed by atoms with Crippen molar-refractivity contribution in [2.75, 3.05) is 51.1 Å². The van der Waals surface area contributed by atoms with Gasteiger partial charge >= 0.3 is 0 Å². The summed E-state index contributed by atoms with van der Waals surface area (Å²) in [4.78, 5) is 36.5. The second-order valence-corrected chi connectivity index (χ2v) is 11.4. The fraction of sp³-hybridized carbons (Fsp3) is 0.480. The molecule has 0 spiro atoms. The molecule has 10 nitrogen and oxygen atoms in total. The minimum absolute atomic E-state index is 0.225. The molecule has 37 heavy (non-hydrogen) atoms. The van der Waals surface area contributed by atoms with E-state index in [1.807, 2.05) is 19.1 Å². The van der Waals surface area contributed by atoms with Gasteiger partial charge in [0.25, 0.3) is 5.91 Å². The van der Waals surface area contributed by atoms with Crippen molar-refractivity contribution in [1.82, 2.24) is 35.1 Å². The maximum absolute atomic E-state index is 13.3. The number of hydrogen-bond acceptors (Lipinski definition) is 11. The molecule has 1 amide bonds. The topological polar surface area (TPSA) is 108 Å². The van der Waals surface area contributed by atoms with Gasteiger partial charge in [-0.2, -0.15) is 0 Å². The Kier molecular flexibility index (Phi) is 8.49. The second-order valence-electron chi connectivity index (χ2n) is 9.22. The van der Waals surface area contributed by atoms with E-state index in [4.69, 9.17) is 4.74 Å². The van der Waals surface area contributed by atoms with Crippen LogP contribution >= 0.6 is 23.3 Å². The number of aromatic nitrogens is 4. The molecule has 5 rings (SSSR count). The fourth-order valence-corrected chi connectivity index (χ4v) is 5.52. The van der Waals surface area contributed by atoms with Crippen molar-refractivity contribution in [1.29, 1.82) is 0 Å². The molecule has 1 aliphatic heterocycles. The highest BCUT2D eigenvalue weighted by molar-refractivity contribution is 8.01. The zero-order valence-electron chi connectivity index (χ0n) is 21.1. The van der Waals surface area contributed by atoms with Crippen LogP contribution in [0.15, 0.2) is 36.9 Å². The summed E-state index contributed by atoms with van der Waals surface area (Å²) in [5, 5.41) is 4.27. The summed E-state index contributed by atoms with van der Waals surface area (Å²) in [6, 6.07) is 3.74. The number of likely N-dealkylation sites (N-methyl/N-ethyl adjacent to an activating group) is 1. The first-order chi connectivity index (χ1) is 18.1. The highest BCUT2D eigenvalue weighted by Gasteiger charge is 2.25. The van der Waals surface area contributed by atoms with Gasteiger partial charge in [-0.1, -0.05) is 0 Å². The van der Waals surface area contributed by atoms with Crippen LogP contribution < -0.4 is 14.8 Å². The number of carbonyl (C=O) groups is 1. The number of amides is 1. The van der Waals surface area contributed by atoms with E-state index in [9.17, 15) is 4.79 Å². The first kappa shape index (κ1) is 25.8.